The number of nitrogens with one attached hydrogen (secondary N) is 1. The SMILES string of the molecule is Cc1c(C(=O)NS(=O)(=O)c2cc(Cl)sc2Cl)cnn1-c1ccccc1. The number of hydrogen-bond acceptors (Lipinski definition) is 5. The van der Waals surface area contributed by atoms with Crippen molar-refractivity contribution in [3.8, 4) is 5.69 Å². The number of carbonyl (C=O) groups excluding carboxylic acids is 1. The van der Waals surface area contributed by atoms with Crippen LogP contribution in [0.2, 0.25) is 8.67 Å². The van der Waals surface area contributed by atoms with Crippen molar-refractivity contribution in [2.24, 2.45) is 0 Å². The van der Waals surface area contributed by atoms with Gasteiger partial charge >= 0.3 is 0 Å². The Balaban J connectivity index is 1.90. The number of halogens is 2. The third-order valence-electron chi connectivity index (χ3n) is 3.40. The molecular formula is C15H11Cl2N3O3S2. The molecule has 0 aliphatic rings. The Bertz CT molecular complexity index is 1040. The number of nitrogens with zero attached hydrogens (tertiary/aromatic N) is 2. The minimum absolute atomic E-state index is 0.0120. The molecule has 10 heteroatoms. The molecule has 0 saturated carbocycles. The summed E-state index contributed by atoms with van der Waals surface area (Å²) in [6.07, 6.45) is 1.31. The Morgan fingerprint density at radius 1 is 1.24 bits per heavy atom. The zero-order valence-corrected chi connectivity index (χ0v) is 15.9. The second-order valence-electron chi connectivity index (χ2n) is 5.01. The quantitative estimate of drug-likeness (QED) is 0.704. The van der Waals surface area contributed by atoms with Gasteiger partial charge in [0.25, 0.3) is 15.9 Å². The predicted octanol–water partition coefficient (Wildman–Crippen LogP) is 3.67. The monoisotopic (exact) mass is 415 g/mol. The van der Waals surface area contributed by atoms with Crippen molar-refractivity contribution in [2.75, 3.05) is 0 Å². The topological polar surface area (TPSA) is 81.1 Å². The smallest absolute Gasteiger partial charge is 0.268 e. The van der Waals surface area contributed by atoms with Crippen LogP contribution in [0.5, 0.6) is 0 Å². The minimum atomic E-state index is -4.13. The Morgan fingerprint density at radius 3 is 2.52 bits per heavy atom. The van der Waals surface area contributed by atoms with E-state index in [1.165, 1.54) is 12.3 Å². The summed E-state index contributed by atoms with van der Waals surface area (Å²) in [6.45, 7) is 1.68. The number of para-hydroxylation sites is 1. The lowest BCUT2D eigenvalue weighted by Crippen LogP contribution is -2.30. The van der Waals surface area contributed by atoms with Crippen LogP contribution in [0.25, 0.3) is 5.69 Å². The molecule has 0 aliphatic carbocycles. The van der Waals surface area contributed by atoms with Gasteiger partial charge in [-0.05, 0) is 25.1 Å². The molecule has 0 fully saturated rings. The van der Waals surface area contributed by atoms with E-state index in [0.29, 0.717) is 5.69 Å². The minimum Gasteiger partial charge on any atom is -0.268 e. The highest BCUT2D eigenvalue weighted by atomic mass is 35.5. The van der Waals surface area contributed by atoms with Gasteiger partial charge in [-0.2, -0.15) is 5.10 Å². The maximum atomic E-state index is 12.4. The molecule has 0 aliphatic heterocycles. The second kappa shape index (κ2) is 6.80. The maximum absolute atomic E-state index is 12.4. The molecule has 130 valence electrons. The van der Waals surface area contributed by atoms with Gasteiger partial charge in [0.2, 0.25) is 0 Å². The highest BCUT2D eigenvalue weighted by Gasteiger charge is 2.25. The van der Waals surface area contributed by atoms with Crippen molar-refractivity contribution in [1.82, 2.24) is 14.5 Å². The van der Waals surface area contributed by atoms with E-state index >= 15 is 0 Å². The first-order valence-corrected chi connectivity index (χ1v) is 9.97. The number of benzene rings is 1. The van der Waals surface area contributed by atoms with Gasteiger partial charge in [-0.25, -0.2) is 17.8 Å². The summed E-state index contributed by atoms with van der Waals surface area (Å²) >= 11 is 12.5. The summed E-state index contributed by atoms with van der Waals surface area (Å²) in [5, 5.41) is 4.15. The molecule has 2 heterocycles. The van der Waals surface area contributed by atoms with Crippen LogP contribution in [0.3, 0.4) is 0 Å². The van der Waals surface area contributed by atoms with E-state index in [0.717, 1.165) is 17.0 Å². The van der Waals surface area contributed by atoms with E-state index in [4.69, 9.17) is 23.2 Å². The molecule has 6 nitrogen and oxygen atoms in total. The van der Waals surface area contributed by atoms with Crippen LogP contribution in [0.15, 0.2) is 47.5 Å². The van der Waals surface area contributed by atoms with Gasteiger partial charge in [0, 0.05) is 0 Å². The van der Waals surface area contributed by atoms with Crippen LogP contribution >= 0.6 is 34.5 Å². The fourth-order valence-corrected chi connectivity index (χ4v) is 5.32. The lowest BCUT2D eigenvalue weighted by atomic mass is 10.2. The van der Waals surface area contributed by atoms with Crippen LogP contribution in [0, 0.1) is 6.92 Å². The van der Waals surface area contributed by atoms with Crippen molar-refractivity contribution in [1.29, 1.82) is 0 Å². The van der Waals surface area contributed by atoms with Crippen LogP contribution in [-0.2, 0) is 10.0 Å². The molecule has 0 bridgehead atoms. The van der Waals surface area contributed by atoms with Crippen molar-refractivity contribution in [3.63, 3.8) is 0 Å². The standard InChI is InChI=1S/C15H11Cl2N3O3S2/c1-9-11(8-18-20(9)10-5-3-2-4-6-10)15(21)19-25(22,23)12-7-13(16)24-14(12)17/h2-8H,1H3,(H,19,21). The van der Waals surface area contributed by atoms with Crippen LogP contribution in [0.4, 0.5) is 0 Å². The second-order valence-corrected chi connectivity index (χ2v) is 8.95. The Labute approximate surface area is 158 Å². The first-order chi connectivity index (χ1) is 11.8. The highest BCUT2D eigenvalue weighted by Crippen LogP contribution is 2.34. The van der Waals surface area contributed by atoms with E-state index in [-0.39, 0.29) is 19.1 Å². The fraction of sp³-hybridized carbons (Fsp3) is 0.0667. The van der Waals surface area contributed by atoms with Gasteiger partial charge in [0.1, 0.15) is 9.23 Å². The number of hydrogen-bond donors (Lipinski definition) is 1. The van der Waals surface area contributed by atoms with E-state index in [9.17, 15) is 13.2 Å². The molecule has 2 aromatic heterocycles. The lowest BCUT2D eigenvalue weighted by Gasteiger charge is -2.07. The first-order valence-electron chi connectivity index (χ1n) is 6.91. The molecule has 1 N–H and O–H groups in total. The van der Waals surface area contributed by atoms with Gasteiger partial charge < -0.3 is 0 Å². The molecule has 0 spiro atoms. The first kappa shape index (κ1) is 17.9. The third kappa shape index (κ3) is 3.57. The van der Waals surface area contributed by atoms with Crippen molar-refractivity contribution in [2.45, 2.75) is 11.8 Å². The number of rotatable bonds is 4. The van der Waals surface area contributed by atoms with Gasteiger partial charge in [0.05, 0.1) is 27.5 Å². The van der Waals surface area contributed by atoms with E-state index < -0.39 is 15.9 Å². The number of aromatic nitrogens is 2. The molecule has 0 atom stereocenters. The molecular weight excluding hydrogens is 405 g/mol. The van der Waals surface area contributed by atoms with Crippen LogP contribution in [-0.4, -0.2) is 24.1 Å². The predicted molar refractivity (Wildman–Crippen MR) is 97.3 cm³/mol. The largest absolute Gasteiger partial charge is 0.268 e. The number of carbonyl (C=O) groups is 1. The Hall–Kier alpha value is -1.87. The number of amides is 1. The van der Waals surface area contributed by atoms with Gasteiger partial charge in [-0.3, -0.25) is 4.79 Å². The lowest BCUT2D eigenvalue weighted by molar-refractivity contribution is 0.0981. The average molecular weight is 416 g/mol. The van der Waals surface area contributed by atoms with E-state index in [2.05, 4.69) is 5.10 Å². The third-order valence-corrected chi connectivity index (χ3v) is 6.48. The van der Waals surface area contributed by atoms with E-state index in [1.54, 1.807) is 11.6 Å². The average Bonchev–Trinajstić information content (AvgIpc) is 3.10. The molecule has 0 saturated heterocycles. The molecule has 1 aromatic carbocycles. The van der Waals surface area contributed by atoms with Gasteiger partial charge in [0.15, 0.2) is 0 Å². The van der Waals surface area contributed by atoms with Gasteiger partial charge in [-0.15, -0.1) is 11.3 Å². The summed E-state index contributed by atoms with van der Waals surface area (Å²) in [5.74, 6) is -0.793. The highest BCUT2D eigenvalue weighted by molar-refractivity contribution is 7.90. The molecule has 3 aromatic rings. The normalized spacial score (nSPS) is 11.5. The summed E-state index contributed by atoms with van der Waals surface area (Å²) in [5.41, 5.74) is 1.41. The summed E-state index contributed by atoms with van der Waals surface area (Å²) in [6, 6.07) is 10.4. The Morgan fingerprint density at radius 2 is 1.92 bits per heavy atom. The number of thiophene rings is 1. The molecule has 0 radical (unpaired) electrons. The van der Waals surface area contributed by atoms with Crippen molar-refractivity contribution in [3.05, 3.63) is 62.5 Å². The molecule has 3 rings (SSSR count). The number of sulfonamides is 1. The molecule has 0 unspecified atom stereocenters. The summed E-state index contributed by atoms with van der Waals surface area (Å²) in [7, 11) is -4.13. The molecule has 1 amide bonds. The molecule has 25 heavy (non-hydrogen) atoms. The summed E-state index contributed by atoms with van der Waals surface area (Å²) in [4.78, 5) is 12.2. The van der Waals surface area contributed by atoms with Crippen molar-refractivity contribution >= 4 is 50.5 Å². The van der Waals surface area contributed by atoms with Crippen LogP contribution < -0.4 is 4.72 Å². The summed E-state index contributed by atoms with van der Waals surface area (Å²) < 4.78 is 28.4. The zero-order chi connectivity index (χ0) is 18.2. The fourth-order valence-electron chi connectivity index (χ4n) is 2.20. The van der Waals surface area contributed by atoms with Crippen molar-refractivity contribution < 1.29 is 13.2 Å². The zero-order valence-electron chi connectivity index (χ0n) is 12.7. The maximum Gasteiger partial charge on any atom is 0.268 e. The van der Waals surface area contributed by atoms with Crippen LogP contribution in [0.1, 0.15) is 16.1 Å². The Kier molecular flexibility index (Phi) is 4.88. The van der Waals surface area contributed by atoms with Gasteiger partial charge in [-0.1, -0.05) is 41.4 Å². The van der Waals surface area contributed by atoms with E-state index in [1.807, 2.05) is 35.1 Å².